The van der Waals surface area contributed by atoms with E-state index in [1.54, 1.807) is 48.6 Å². The molecule has 6 aliphatic rings. The van der Waals surface area contributed by atoms with Crippen molar-refractivity contribution in [3.05, 3.63) is 221 Å². The first-order chi connectivity index (χ1) is 49.3. The van der Waals surface area contributed by atoms with Crippen LogP contribution in [0.3, 0.4) is 0 Å². The summed E-state index contributed by atoms with van der Waals surface area (Å²) in [4.78, 5) is 53.1. The highest BCUT2D eigenvalue weighted by Crippen LogP contribution is 2.38. The molecule has 5 N–H and O–H groups in total. The Bertz CT molecular complexity index is 3830. The molecule has 18 nitrogen and oxygen atoms in total. The first-order valence-corrected chi connectivity index (χ1v) is 38.1. The van der Waals surface area contributed by atoms with Crippen molar-refractivity contribution < 1.29 is 77.2 Å². The number of benzene rings is 7. The van der Waals surface area contributed by atoms with Gasteiger partial charge in [-0.05, 0) is 215 Å². The number of Topliss-reactive ketones (excluding diaryl/α,β-unsaturated/α-hetero) is 1. The average molecular weight is 1720 g/mol. The third-order valence-electron chi connectivity index (χ3n) is 16.0. The molecule has 3 atom stereocenters. The monoisotopic (exact) mass is 1720 g/mol. The molecule has 6 heterocycles. The number of aryl methyl sites for hydroxylation is 3. The molecule has 1 unspecified atom stereocenters. The maximum atomic E-state index is 11.9. The number of alkyl halides is 1. The molecular weight excluding hydrogens is 1630 g/mol. The average Bonchev–Trinajstić information content (AvgIpc) is 1.04. The van der Waals surface area contributed by atoms with Gasteiger partial charge in [0.25, 0.3) is 5.91 Å². The summed E-state index contributed by atoms with van der Waals surface area (Å²) in [5.41, 5.74) is 8.76. The van der Waals surface area contributed by atoms with Crippen molar-refractivity contribution in [3.63, 3.8) is 0 Å². The Labute approximate surface area is 639 Å². The highest BCUT2D eigenvalue weighted by atomic mass is 79.9. The lowest BCUT2D eigenvalue weighted by Gasteiger charge is -2.38. The Morgan fingerprint density at radius 3 is 1.78 bits per heavy atom. The normalized spacial score (nSPS) is 16.1. The summed E-state index contributed by atoms with van der Waals surface area (Å²) in [6, 6.07) is 44.9. The fourth-order valence-corrected chi connectivity index (χ4v) is 12.7. The van der Waals surface area contributed by atoms with Gasteiger partial charge in [-0.25, -0.2) is 0 Å². The number of aliphatic carboxylic acids is 2. The lowest BCUT2D eigenvalue weighted by molar-refractivity contribution is -0.138. The second kappa shape index (κ2) is 46.4. The third kappa shape index (κ3) is 29.8. The summed E-state index contributed by atoms with van der Waals surface area (Å²) in [6.45, 7) is 16.4. The summed E-state index contributed by atoms with van der Waals surface area (Å²) in [5, 5.41) is 32.0. The maximum absolute atomic E-state index is 11.9. The molecule has 1 saturated heterocycles. The lowest BCUT2D eigenvalue weighted by atomic mass is 9.77. The van der Waals surface area contributed by atoms with Gasteiger partial charge in [-0.1, -0.05) is 141 Å². The number of aromatic hydroxyl groups is 1. The fourth-order valence-electron chi connectivity index (χ4n) is 11.0. The Kier molecular flexibility index (Phi) is 38.0. The number of carboxylic acid groups (broad SMARTS) is 2. The summed E-state index contributed by atoms with van der Waals surface area (Å²) in [7, 11) is 0. The number of hydrogen-bond donors (Lipinski definition) is 5. The summed E-state index contributed by atoms with van der Waals surface area (Å²) < 4.78 is 47.7. The minimum Gasteiger partial charge on any atom is -0.508 e. The maximum Gasteiger partial charge on any atom is 0.306 e. The standard InChI is InChI=1S/C24H28N2O3.C12H12O2.C9H9BrO3.C9H7BrO2.C9H9BrO.C7H14O2.C6H5BrO.C3H5BrO2/c1-15-22(14-29-19-7-6-18-13-26-24(27)21(18)12-19)20(8-9-25-15)17-5-4-16-3-2-10-28-23(16)11-17;13-7-1-3-10-5-6-11-4-2-8-14-12(11)9-10;10-7-2-1-3-8(6-7)13-5-4-9(11)12;10-6-1-2-7-8(11)3-4-12-9(7)5-6;10-8-4-3-7-2-1-5-11-9(7)6-8;1-4-7(8-5-2)9-6-3;7-5-2-1-3-6(8)4-5;4-2-1-3(5)6/h4-7,11-12,15,20,22,25H,2-3,8-10,13-14H2,1H3,(H,26,27);1,3,5-7,9H,2,4,8H2;1-3,6H,4-5H2,(H,11,12);1-2,5H,3-4H2;3-4,6H,1-2,5H2;4,7H,1,5-6H2,2-3H3;1-4,8H;1-2H2,(H,5,6)/b;3-1+;;;;;;/t15-,20?,22-;;;;;;;/m1......./s1. The number of allylic oxidation sites excluding steroid dienone is 1. The number of ether oxygens (including phenoxy) is 8. The number of halogens is 5. The van der Waals surface area contributed by atoms with Gasteiger partial charge in [-0.15, -0.1) is 0 Å². The van der Waals surface area contributed by atoms with Crippen LogP contribution in [0.1, 0.15) is 126 Å². The second-order valence-electron chi connectivity index (χ2n) is 23.4. The molecule has 0 radical (unpaired) electrons. The van der Waals surface area contributed by atoms with Gasteiger partial charge in [-0.2, -0.15) is 0 Å². The Balaban J connectivity index is 0.000000194. The molecule has 0 bridgehead atoms. The highest BCUT2D eigenvalue weighted by molar-refractivity contribution is 9.11. The zero-order valence-electron chi connectivity index (χ0n) is 57.5. The van der Waals surface area contributed by atoms with Gasteiger partial charge in [0.05, 0.1) is 58.0 Å². The number of fused-ring (bicyclic) bond motifs is 5. The SMILES string of the molecule is Brc1ccc2c(c1)OCCC2.C=CC(OCC)OCC.C[C@H]1NCCC(c2ccc3c(c2)OCCC3)[C@@H]1COc1ccc2c(c1)C(=O)NC2.O=C(O)CCBr.O=C(O)CCOc1cccc(Br)c1.O=C/C=C/c1ccc2c(c1)OCCC2.O=C1CCOc2cc(Br)ccc21.Oc1cccc(Br)c1. The van der Waals surface area contributed by atoms with Gasteiger partial charge >= 0.3 is 11.9 Å². The van der Waals surface area contributed by atoms with E-state index >= 15 is 0 Å². The molecule has 7 aromatic carbocycles. The van der Waals surface area contributed by atoms with E-state index in [4.69, 9.17) is 53.2 Å². The highest BCUT2D eigenvalue weighted by Gasteiger charge is 2.33. The van der Waals surface area contributed by atoms with Crippen molar-refractivity contribution in [1.29, 1.82) is 0 Å². The number of phenolic OH excluding ortho intramolecular Hbond substituents is 1. The van der Waals surface area contributed by atoms with Crippen LogP contribution in [-0.2, 0) is 49.7 Å². The molecule has 0 aromatic heterocycles. The molecule has 7 aromatic rings. The number of ketones is 1. The molecule has 23 heteroatoms. The predicted octanol–water partition coefficient (Wildman–Crippen LogP) is 17.7. The minimum absolute atomic E-state index is 0.00918. The van der Waals surface area contributed by atoms with E-state index in [0.29, 0.717) is 85.4 Å². The third-order valence-corrected chi connectivity index (χ3v) is 18.4. The van der Waals surface area contributed by atoms with Crippen LogP contribution in [0.4, 0.5) is 0 Å². The van der Waals surface area contributed by atoms with Gasteiger partial charge in [0, 0.05) is 66.9 Å². The van der Waals surface area contributed by atoms with Crippen molar-refractivity contribution in [2.75, 3.05) is 64.7 Å². The van der Waals surface area contributed by atoms with Crippen molar-refractivity contribution >= 4 is 116 Å². The molecule has 102 heavy (non-hydrogen) atoms. The number of piperidine rings is 1. The molecule has 13 rings (SSSR count). The molecule has 0 spiro atoms. The van der Waals surface area contributed by atoms with Crippen LogP contribution in [0.15, 0.2) is 176 Å². The number of hydrogen-bond acceptors (Lipinski definition) is 15. The smallest absolute Gasteiger partial charge is 0.306 e. The van der Waals surface area contributed by atoms with Crippen molar-refractivity contribution in [2.24, 2.45) is 5.92 Å². The van der Waals surface area contributed by atoms with Gasteiger partial charge in [0.2, 0.25) is 0 Å². The molecule has 0 aliphatic carbocycles. The van der Waals surface area contributed by atoms with E-state index in [9.17, 15) is 24.0 Å². The zero-order valence-corrected chi connectivity index (χ0v) is 65.4. The number of rotatable bonds is 17. The number of amides is 1. The van der Waals surface area contributed by atoms with E-state index in [2.05, 4.69) is 140 Å². The lowest BCUT2D eigenvalue weighted by Crippen LogP contribution is -2.45. The zero-order chi connectivity index (χ0) is 73.6. The van der Waals surface area contributed by atoms with Crippen LogP contribution in [0, 0.1) is 5.92 Å². The fraction of sp³-hybridized carbons (Fsp3) is 0.354. The topological polar surface area (TPSA) is 244 Å². The van der Waals surface area contributed by atoms with Crippen LogP contribution in [0.25, 0.3) is 6.08 Å². The van der Waals surface area contributed by atoms with E-state index in [1.165, 1.54) is 28.3 Å². The second-order valence-corrected chi connectivity index (χ2v) is 27.8. The molecule has 6 aliphatic heterocycles. The number of phenols is 1. The van der Waals surface area contributed by atoms with Gasteiger partial charge in [0.15, 0.2) is 12.1 Å². The Morgan fingerprint density at radius 2 is 1.20 bits per heavy atom. The van der Waals surface area contributed by atoms with E-state index < -0.39 is 11.9 Å². The quantitative estimate of drug-likeness (QED) is 0.0187. The predicted molar refractivity (Wildman–Crippen MR) is 415 cm³/mol. The van der Waals surface area contributed by atoms with E-state index in [0.717, 1.165) is 135 Å². The first-order valence-electron chi connectivity index (χ1n) is 33.8. The molecule has 546 valence electrons. The number of aldehydes is 1. The molecule has 1 fully saturated rings. The molecule has 0 saturated carbocycles. The van der Waals surface area contributed by atoms with Crippen molar-refractivity contribution in [1.82, 2.24) is 10.6 Å². The molecule has 1 amide bonds. The first kappa shape index (κ1) is 83.6. The van der Waals surface area contributed by atoms with Gasteiger partial charge < -0.3 is 63.8 Å². The van der Waals surface area contributed by atoms with Crippen LogP contribution in [-0.4, -0.2) is 122 Å². The van der Waals surface area contributed by atoms with E-state index in [-0.39, 0.29) is 37.4 Å². The van der Waals surface area contributed by atoms with E-state index in [1.807, 2.05) is 80.6 Å². The van der Waals surface area contributed by atoms with Gasteiger partial charge in [0.1, 0.15) is 46.5 Å². The summed E-state index contributed by atoms with van der Waals surface area (Å²) in [5.74, 6) is 4.84. The Hall–Kier alpha value is -7.35. The number of nitrogens with one attached hydrogen (secondary N) is 2. The number of carbonyl (C=O) groups excluding carboxylic acids is 3. The van der Waals surface area contributed by atoms with Gasteiger partial charge in [-0.3, -0.25) is 24.0 Å². The number of carboxylic acids is 2. The summed E-state index contributed by atoms with van der Waals surface area (Å²) in [6.07, 6.45) is 14.0. The van der Waals surface area contributed by atoms with Crippen molar-refractivity contribution in [2.45, 2.75) is 110 Å². The van der Waals surface area contributed by atoms with Crippen LogP contribution in [0.5, 0.6) is 40.2 Å². The number of carbonyl (C=O) groups is 5. The van der Waals surface area contributed by atoms with Crippen molar-refractivity contribution in [3.8, 4) is 40.2 Å². The minimum atomic E-state index is -0.852. The Morgan fingerprint density at radius 1 is 0.627 bits per heavy atom. The van der Waals surface area contributed by atoms with Crippen LogP contribution in [0.2, 0.25) is 0 Å². The summed E-state index contributed by atoms with van der Waals surface area (Å²) >= 11 is 16.2. The largest absolute Gasteiger partial charge is 0.508 e. The van der Waals surface area contributed by atoms with Crippen LogP contribution < -0.4 is 39.1 Å². The van der Waals surface area contributed by atoms with Crippen LogP contribution >= 0.6 is 79.6 Å². The molecular formula is C79H89Br5N2O16.